The highest BCUT2D eigenvalue weighted by Crippen LogP contribution is 2.61. The van der Waals surface area contributed by atoms with Crippen LogP contribution in [-0.2, 0) is 0 Å². The van der Waals surface area contributed by atoms with Gasteiger partial charge in [0.15, 0.2) is 0 Å². The summed E-state index contributed by atoms with van der Waals surface area (Å²) in [7, 11) is -0.940. The minimum atomic E-state index is -0.940. The second kappa shape index (κ2) is 2.47. The molecule has 0 aliphatic heterocycles. The molecule has 2 aliphatic carbocycles. The van der Waals surface area contributed by atoms with Gasteiger partial charge in [-0.05, 0) is 30.2 Å². The Bertz CT molecular complexity index is 217. The maximum absolute atomic E-state index is 2.58. The Balaban J connectivity index is 2.27. The van der Waals surface area contributed by atoms with Crippen molar-refractivity contribution in [3.63, 3.8) is 0 Å². The first-order valence-corrected chi connectivity index (χ1v) is 8.50. The third-order valence-corrected chi connectivity index (χ3v) is 9.59. The Kier molecular flexibility index (Phi) is 1.76. The molecule has 1 heteroatoms. The molecule has 68 valence electrons. The topological polar surface area (TPSA) is 0 Å². The molecule has 1 fully saturated rings. The van der Waals surface area contributed by atoms with Crippen molar-refractivity contribution in [3.8, 4) is 0 Å². The molecule has 1 saturated carbocycles. The first-order chi connectivity index (χ1) is 5.60. The zero-order chi connectivity index (χ0) is 8.82. The number of fused-ring (bicyclic) bond motifs is 2. The van der Waals surface area contributed by atoms with Gasteiger partial charge in [-0.3, -0.25) is 0 Å². The molecular formula is C11H20Si. The lowest BCUT2D eigenvalue weighted by molar-refractivity contribution is 0.679. The molecule has 0 amide bonds. The summed E-state index contributed by atoms with van der Waals surface area (Å²) in [6.07, 6.45) is 9.55. The first kappa shape index (κ1) is 8.55. The highest BCUT2D eigenvalue weighted by molar-refractivity contribution is 6.81. The quantitative estimate of drug-likeness (QED) is 0.447. The lowest BCUT2D eigenvalue weighted by atomic mass is 10.1. The van der Waals surface area contributed by atoms with E-state index in [0.29, 0.717) is 5.04 Å². The summed E-state index contributed by atoms with van der Waals surface area (Å²) >= 11 is 0. The third kappa shape index (κ3) is 0.953. The second-order valence-electron chi connectivity index (χ2n) is 5.26. The molecule has 2 unspecified atom stereocenters. The summed E-state index contributed by atoms with van der Waals surface area (Å²) in [5, 5.41) is 0.715. The van der Waals surface area contributed by atoms with Crippen LogP contribution in [0.5, 0.6) is 0 Å². The van der Waals surface area contributed by atoms with Gasteiger partial charge in [-0.1, -0.05) is 38.2 Å². The van der Waals surface area contributed by atoms with Crippen molar-refractivity contribution in [3.05, 3.63) is 12.2 Å². The van der Waals surface area contributed by atoms with E-state index in [1.165, 1.54) is 25.3 Å². The van der Waals surface area contributed by atoms with Crippen molar-refractivity contribution in [2.45, 2.75) is 50.4 Å². The largest absolute Gasteiger partial charge is 0.0851 e. The Morgan fingerprint density at radius 2 is 2.25 bits per heavy atom. The molecule has 0 aromatic carbocycles. The fourth-order valence-corrected chi connectivity index (χ4v) is 5.83. The van der Waals surface area contributed by atoms with Crippen LogP contribution in [0.25, 0.3) is 0 Å². The van der Waals surface area contributed by atoms with Crippen LogP contribution in [0.2, 0.25) is 24.2 Å². The monoisotopic (exact) mass is 180 g/mol. The Labute approximate surface area is 77.1 Å². The van der Waals surface area contributed by atoms with Crippen LogP contribution in [0, 0.1) is 5.92 Å². The zero-order valence-electron chi connectivity index (χ0n) is 8.56. The standard InChI is InChI=1S/C11H20Si/c1-4-12(2,3)11-7-5-10(9-11)6-8-11/h5,7,10H,4,6,8-9H2,1-3H3. The SMILES string of the molecule is CC[Si](C)(C)C12C=CC(CC1)C2. The van der Waals surface area contributed by atoms with Crippen LogP contribution < -0.4 is 0 Å². The Hall–Kier alpha value is -0.0431. The molecule has 0 heterocycles. The molecule has 0 radical (unpaired) electrons. The van der Waals surface area contributed by atoms with Gasteiger partial charge in [0.25, 0.3) is 0 Å². The van der Waals surface area contributed by atoms with E-state index in [9.17, 15) is 0 Å². The average molecular weight is 180 g/mol. The van der Waals surface area contributed by atoms with Gasteiger partial charge in [-0.25, -0.2) is 0 Å². The molecule has 0 N–H and O–H groups in total. The van der Waals surface area contributed by atoms with E-state index in [1.54, 1.807) is 0 Å². The van der Waals surface area contributed by atoms with E-state index >= 15 is 0 Å². The van der Waals surface area contributed by atoms with Gasteiger partial charge in [0.1, 0.15) is 0 Å². The molecule has 0 aromatic heterocycles. The Morgan fingerprint density at radius 3 is 2.58 bits per heavy atom. The summed E-state index contributed by atoms with van der Waals surface area (Å²) in [5.74, 6) is 0.961. The maximum Gasteiger partial charge on any atom is 0.0577 e. The van der Waals surface area contributed by atoms with E-state index < -0.39 is 8.07 Å². The minimum absolute atomic E-state index is 0.715. The minimum Gasteiger partial charge on any atom is -0.0851 e. The zero-order valence-corrected chi connectivity index (χ0v) is 9.56. The van der Waals surface area contributed by atoms with Gasteiger partial charge in [0.2, 0.25) is 0 Å². The van der Waals surface area contributed by atoms with Crippen LogP contribution in [0.3, 0.4) is 0 Å². The predicted octanol–water partition coefficient (Wildman–Crippen LogP) is 3.83. The first-order valence-electron chi connectivity index (χ1n) is 5.29. The number of allylic oxidation sites excluding steroid dienone is 2. The van der Waals surface area contributed by atoms with Crippen molar-refractivity contribution in [2.75, 3.05) is 0 Å². The fraction of sp³-hybridized carbons (Fsp3) is 0.818. The Morgan fingerprint density at radius 1 is 1.50 bits per heavy atom. The van der Waals surface area contributed by atoms with Crippen LogP contribution in [-0.4, -0.2) is 8.07 Å². The fourth-order valence-electron chi connectivity index (χ4n) is 2.94. The maximum atomic E-state index is 2.58. The lowest BCUT2D eigenvalue weighted by Gasteiger charge is -2.39. The van der Waals surface area contributed by atoms with Gasteiger partial charge in [0, 0.05) is 0 Å². The molecular weight excluding hydrogens is 160 g/mol. The van der Waals surface area contributed by atoms with Gasteiger partial charge in [-0.15, -0.1) is 0 Å². The molecule has 0 nitrogen and oxygen atoms in total. The van der Waals surface area contributed by atoms with Crippen molar-refractivity contribution in [2.24, 2.45) is 5.92 Å². The van der Waals surface area contributed by atoms with Gasteiger partial charge >= 0.3 is 0 Å². The number of hydrogen-bond donors (Lipinski definition) is 0. The van der Waals surface area contributed by atoms with Gasteiger partial charge in [0.05, 0.1) is 8.07 Å². The molecule has 0 saturated heterocycles. The third-order valence-electron chi connectivity index (χ3n) is 4.51. The van der Waals surface area contributed by atoms with Crippen LogP contribution in [0.15, 0.2) is 12.2 Å². The van der Waals surface area contributed by atoms with E-state index in [0.717, 1.165) is 5.92 Å². The summed E-state index contributed by atoms with van der Waals surface area (Å²) in [4.78, 5) is 0. The second-order valence-corrected chi connectivity index (χ2v) is 10.7. The number of hydrogen-bond acceptors (Lipinski definition) is 0. The summed E-state index contributed by atoms with van der Waals surface area (Å²) in [6.45, 7) is 7.54. The van der Waals surface area contributed by atoms with Crippen molar-refractivity contribution in [1.82, 2.24) is 0 Å². The summed E-state index contributed by atoms with van der Waals surface area (Å²) < 4.78 is 0. The predicted molar refractivity (Wildman–Crippen MR) is 57.1 cm³/mol. The van der Waals surface area contributed by atoms with Crippen molar-refractivity contribution >= 4 is 8.07 Å². The summed E-state index contributed by atoms with van der Waals surface area (Å²) in [6, 6.07) is 1.45. The highest BCUT2D eigenvalue weighted by Gasteiger charge is 2.50. The lowest BCUT2D eigenvalue weighted by Crippen LogP contribution is -2.38. The van der Waals surface area contributed by atoms with E-state index in [2.05, 4.69) is 32.2 Å². The smallest absolute Gasteiger partial charge is 0.0577 e. The van der Waals surface area contributed by atoms with Gasteiger partial charge < -0.3 is 0 Å². The molecule has 2 rings (SSSR count). The number of rotatable bonds is 2. The molecule has 2 atom stereocenters. The van der Waals surface area contributed by atoms with Crippen molar-refractivity contribution in [1.29, 1.82) is 0 Å². The molecule has 2 bridgehead atoms. The molecule has 0 aromatic rings. The summed E-state index contributed by atoms with van der Waals surface area (Å²) in [5.41, 5.74) is 0. The van der Waals surface area contributed by atoms with Crippen LogP contribution in [0.4, 0.5) is 0 Å². The normalized spacial score (nSPS) is 39.4. The highest BCUT2D eigenvalue weighted by atomic mass is 28.3. The van der Waals surface area contributed by atoms with Crippen molar-refractivity contribution < 1.29 is 0 Å². The van der Waals surface area contributed by atoms with E-state index in [-0.39, 0.29) is 0 Å². The van der Waals surface area contributed by atoms with Crippen LogP contribution in [0.1, 0.15) is 26.2 Å². The van der Waals surface area contributed by atoms with Gasteiger partial charge in [-0.2, -0.15) is 0 Å². The molecule has 12 heavy (non-hydrogen) atoms. The van der Waals surface area contributed by atoms with E-state index in [4.69, 9.17) is 0 Å². The molecule has 0 spiro atoms. The van der Waals surface area contributed by atoms with Crippen LogP contribution >= 0.6 is 0 Å². The molecule has 2 aliphatic rings. The average Bonchev–Trinajstić information content (AvgIpc) is 2.64. The van der Waals surface area contributed by atoms with E-state index in [1.807, 2.05) is 0 Å².